The molecular formula is C15H17N3O4. The van der Waals surface area contributed by atoms with E-state index in [0.29, 0.717) is 12.2 Å². The van der Waals surface area contributed by atoms with Gasteiger partial charge < -0.3 is 15.3 Å². The molecule has 3 rings (SSSR count). The zero-order valence-corrected chi connectivity index (χ0v) is 12.2. The van der Waals surface area contributed by atoms with Gasteiger partial charge in [-0.05, 0) is 19.1 Å². The quantitative estimate of drug-likeness (QED) is 0.801. The van der Waals surface area contributed by atoms with Crippen molar-refractivity contribution in [1.29, 1.82) is 0 Å². The number of benzene rings is 1. The SMILES string of the molecule is CCN1C(=O)N(c2ccccc2)C(=O)[C@@]12CN[C@H](C(=O)O)C2. The largest absolute Gasteiger partial charge is 0.480 e. The molecule has 0 saturated carbocycles. The average molecular weight is 303 g/mol. The van der Waals surface area contributed by atoms with Crippen LogP contribution in [-0.2, 0) is 9.59 Å². The molecule has 0 radical (unpaired) electrons. The molecule has 2 aliphatic rings. The molecule has 7 nitrogen and oxygen atoms in total. The monoisotopic (exact) mass is 303 g/mol. The summed E-state index contributed by atoms with van der Waals surface area (Å²) in [5.74, 6) is -1.37. The first kappa shape index (κ1) is 14.5. The minimum Gasteiger partial charge on any atom is -0.480 e. The van der Waals surface area contributed by atoms with Crippen LogP contribution in [0.2, 0.25) is 0 Å². The second-order valence-electron chi connectivity index (χ2n) is 5.51. The van der Waals surface area contributed by atoms with Crippen molar-refractivity contribution in [3.05, 3.63) is 30.3 Å². The first-order chi connectivity index (χ1) is 10.5. The van der Waals surface area contributed by atoms with Gasteiger partial charge >= 0.3 is 12.0 Å². The lowest BCUT2D eigenvalue weighted by molar-refractivity contribution is -0.139. The average Bonchev–Trinajstić information content (AvgIpc) is 3.03. The third kappa shape index (κ3) is 1.89. The highest BCUT2D eigenvalue weighted by molar-refractivity contribution is 6.23. The van der Waals surface area contributed by atoms with Crippen LogP contribution in [-0.4, -0.2) is 52.6 Å². The fraction of sp³-hybridized carbons (Fsp3) is 0.400. The fourth-order valence-corrected chi connectivity index (χ4v) is 3.27. The Balaban J connectivity index is 2.00. The Labute approximate surface area is 127 Å². The highest BCUT2D eigenvalue weighted by atomic mass is 16.4. The molecule has 2 aliphatic heterocycles. The van der Waals surface area contributed by atoms with Gasteiger partial charge in [0, 0.05) is 19.5 Å². The van der Waals surface area contributed by atoms with Gasteiger partial charge in [-0.15, -0.1) is 0 Å². The van der Waals surface area contributed by atoms with Crippen LogP contribution in [0.4, 0.5) is 10.5 Å². The highest BCUT2D eigenvalue weighted by Gasteiger charge is 2.61. The number of aliphatic carboxylic acids is 1. The number of anilines is 1. The van der Waals surface area contributed by atoms with Crippen LogP contribution in [0.15, 0.2) is 30.3 Å². The van der Waals surface area contributed by atoms with Gasteiger partial charge in [-0.2, -0.15) is 0 Å². The fourth-order valence-electron chi connectivity index (χ4n) is 3.27. The lowest BCUT2D eigenvalue weighted by atomic mass is 9.94. The summed E-state index contributed by atoms with van der Waals surface area (Å²) in [7, 11) is 0. The number of carboxylic acid groups (broad SMARTS) is 1. The minimum atomic E-state index is -1.11. The van der Waals surface area contributed by atoms with E-state index in [1.807, 2.05) is 0 Å². The van der Waals surface area contributed by atoms with E-state index in [4.69, 9.17) is 5.11 Å². The van der Waals surface area contributed by atoms with Crippen LogP contribution < -0.4 is 10.2 Å². The van der Waals surface area contributed by atoms with Crippen molar-refractivity contribution in [1.82, 2.24) is 10.2 Å². The van der Waals surface area contributed by atoms with E-state index in [9.17, 15) is 14.4 Å². The number of hydrogen-bond donors (Lipinski definition) is 2. The van der Waals surface area contributed by atoms with Gasteiger partial charge in [0.05, 0.1) is 5.69 Å². The molecular weight excluding hydrogens is 286 g/mol. The van der Waals surface area contributed by atoms with Gasteiger partial charge in [0.15, 0.2) is 0 Å². The van der Waals surface area contributed by atoms with Crippen molar-refractivity contribution < 1.29 is 19.5 Å². The zero-order valence-electron chi connectivity index (χ0n) is 12.2. The van der Waals surface area contributed by atoms with Crippen molar-refractivity contribution in [3.8, 4) is 0 Å². The standard InChI is InChI=1S/C15H17N3O4/c1-2-17-14(22)18(10-6-4-3-5-7-10)13(21)15(17)8-11(12(19)20)16-9-15/h3-7,11,16H,2,8-9H2,1H3,(H,19,20)/t11-,15+/m0/s1. The van der Waals surface area contributed by atoms with Gasteiger partial charge in [0.2, 0.25) is 0 Å². The van der Waals surface area contributed by atoms with Crippen LogP contribution in [0.5, 0.6) is 0 Å². The number of nitrogens with zero attached hydrogens (tertiary/aromatic N) is 2. The number of likely N-dealkylation sites (N-methyl/N-ethyl adjacent to an activating group) is 1. The third-order valence-corrected chi connectivity index (χ3v) is 4.35. The van der Waals surface area contributed by atoms with Gasteiger partial charge in [0.25, 0.3) is 5.91 Å². The van der Waals surface area contributed by atoms with Crippen LogP contribution in [0, 0.1) is 0 Å². The number of carbonyl (C=O) groups excluding carboxylic acids is 2. The summed E-state index contributed by atoms with van der Waals surface area (Å²) in [6.45, 7) is 2.29. The summed E-state index contributed by atoms with van der Waals surface area (Å²) in [5.41, 5.74) is -0.600. The molecule has 2 heterocycles. The summed E-state index contributed by atoms with van der Waals surface area (Å²) >= 11 is 0. The summed E-state index contributed by atoms with van der Waals surface area (Å²) in [4.78, 5) is 39.4. The molecule has 2 atom stereocenters. The van der Waals surface area contributed by atoms with E-state index in [0.717, 1.165) is 4.90 Å². The van der Waals surface area contributed by atoms with E-state index in [2.05, 4.69) is 5.32 Å². The molecule has 0 unspecified atom stereocenters. The summed E-state index contributed by atoms with van der Waals surface area (Å²) in [6, 6.07) is 7.49. The molecule has 2 saturated heterocycles. The zero-order chi connectivity index (χ0) is 15.9. The van der Waals surface area contributed by atoms with Gasteiger partial charge in [-0.25, -0.2) is 9.69 Å². The van der Waals surface area contributed by atoms with E-state index >= 15 is 0 Å². The number of para-hydroxylation sites is 1. The molecule has 1 aromatic carbocycles. The Hall–Kier alpha value is -2.41. The molecule has 2 fully saturated rings. The third-order valence-electron chi connectivity index (χ3n) is 4.35. The Morgan fingerprint density at radius 2 is 2.05 bits per heavy atom. The Morgan fingerprint density at radius 1 is 1.36 bits per heavy atom. The lowest BCUT2D eigenvalue weighted by Crippen LogP contribution is -2.51. The van der Waals surface area contributed by atoms with Crippen molar-refractivity contribution >= 4 is 23.6 Å². The number of urea groups is 1. The molecule has 1 aromatic rings. The number of carbonyl (C=O) groups is 3. The van der Waals surface area contributed by atoms with Gasteiger partial charge in [-0.1, -0.05) is 18.2 Å². The van der Waals surface area contributed by atoms with Crippen molar-refractivity contribution in [3.63, 3.8) is 0 Å². The van der Waals surface area contributed by atoms with Crippen LogP contribution >= 0.6 is 0 Å². The Kier molecular flexibility index (Phi) is 3.37. The second-order valence-corrected chi connectivity index (χ2v) is 5.51. The molecule has 0 aliphatic carbocycles. The Morgan fingerprint density at radius 3 is 2.59 bits per heavy atom. The number of nitrogens with one attached hydrogen (secondary N) is 1. The molecule has 116 valence electrons. The predicted octanol–water partition coefficient (Wildman–Crippen LogP) is 0.660. The van der Waals surface area contributed by atoms with Gasteiger partial charge in [0.1, 0.15) is 11.6 Å². The summed E-state index contributed by atoms with van der Waals surface area (Å²) in [5, 5.41) is 12.0. The predicted molar refractivity (Wildman–Crippen MR) is 78.5 cm³/mol. The number of hydrogen-bond acceptors (Lipinski definition) is 4. The molecule has 7 heteroatoms. The molecule has 0 bridgehead atoms. The number of rotatable bonds is 3. The maximum absolute atomic E-state index is 12.9. The number of amides is 3. The van der Waals surface area contributed by atoms with Crippen LogP contribution in [0.3, 0.4) is 0 Å². The van der Waals surface area contributed by atoms with E-state index in [1.54, 1.807) is 37.3 Å². The van der Waals surface area contributed by atoms with Crippen LogP contribution in [0.1, 0.15) is 13.3 Å². The second kappa shape index (κ2) is 5.10. The first-order valence-corrected chi connectivity index (χ1v) is 7.18. The molecule has 0 aromatic heterocycles. The van der Waals surface area contributed by atoms with Crippen molar-refractivity contribution in [2.75, 3.05) is 18.0 Å². The van der Waals surface area contributed by atoms with Crippen molar-refractivity contribution in [2.45, 2.75) is 24.9 Å². The lowest BCUT2D eigenvalue weighted by Gasteiger charge is -2.29. The maximum atomic E-state index is 12.9. The van der Waals surface area contributed by atoms with E-state index in [1.165, 1.54) is 4.90 Å². The molecule has 1 spiro atoms. The summed E-state index contributed by atoms with van der Waals surface area (Å²) < 4.78 is 0. The summed E-state index contributed by atoms with van der Waals surface area (Å²) in [6.07, 6.45) is 0.0874. The molecule has 2 N–H and O–H groups in total. The maximum Gasteiger partial charge on any atom is 0.332 e. The number of carboxylic acids is 1. The van der Waals surface area contributed by atoms with Gasteiger partial charge in [-0.3, -0.25) is 9.59 Å². The smallest absolute Gasteiger partial charge is 0.332 e. The normalized spacial score (nSPS) is 28.0. The number of imide groups is 1. The molecule has 22 heavy (non-hydrogen) atoms. The topological polar surface area (TPSA) is 90.0 Å². The molecule has 3 amide bonds. The van der Waals surface area contributed by atoms with Crippen LogP contribution in [0.25, 0.3) is 0 Å². The van der Waals surface area contributed by atoms with E-state index < -0.39 is 23.6 Å². The minimum absolute atomic E-state index is 0.0874. The first-order valence-electron chi connectivity index (χ1n) is 7.18. The van der Waals surface area contributed by atoms with Crippen molar-refractivity contribution in [2.24, 2.45) is 0 Å². The highest BCUT2D eigenvalue weighted by Crippen LogP contribution is 2.37. The Bertz CT molecular complexity index is 633. The van der Waals surface area contributed by atoms with E-state index in [-0.39, 0.29) is 18.9 Å².